The molecule has 1 aromatic heterocycles. The summed E-state index contributed by atoms with van der Waals surface area (Å²) in [7, 11) is -3.69. The first-order valence-electron chi connectivity index (χ1n) is 8.39. The molecule has 2 amide bonds. The Labute approximate surface area is 174 Å². The van der Waals surface area contributed by atoms with Crippen molar-refractivity contribution in [3.8, 4) is 0 Å². The van der Waals surface area contributed by atoms with Gasteiger partial charge in [-0.3, -0.25) is 14.3 Å². The number of hydrogen-bond acceptors (Lipinski definition) is 5. The van der Waals surface area contributed by atoms with Crippen molar-refractivity contribution >= 4 is 44.5 Å². The number of amides is 2. The molecule has 0 spiro atoms. The van der Waals surface area contributed by atoms with E-state index < -0.39 is 39.0 Å². The lowest BCUT2D eigenvalue weighted by molar-refractivity contribution is -0.115. The van der Waals surface area contributed by atoms with Gasteiger partial charge >= 0.3 is 0 Å². The lowest BCUT2D eigenvalue weighted by atomic mass is 10.1. The zero-order valence-electron chi connectivity index (χ0n) is 15.2. The summed E-state index contributed by atoms with van der Waals surface area (Å²) in [5.41, 5.74) is 4.91. The summed E-state index contributed by atoms with van der Waals surface area (Å²) in [6.45, 7) is 0. The number of carbonyl (C=O) groups is 2. The van der Waals surface area contributed by atoms with Crippen molar-refractivity contribution in [2.45, 2.75) is 10.6 Å². The Morgan fingerprint density at radius 1 is 1.03 bits per heavy atom. The molecule has 0 bridgehead atoms. The van der Waals surface area contributed by atoms with Crippen LogP contribution in [0.2, 0.25) is 0 Å². The molecule has 0 fully saturated rings. The summed E-state index contributed by atoms with van der Waals surface area (Å²) in [5.74, 6) is -3.89. The minimum Gasteiger partial charge on any atom is -0.366 e. The molecule has 30 heavy (non-hydrogen) atoms. The SMILES string of the molecule is NC(=O)c1cc(NC(=O)Cc2ccc(NS(=O)(=O)c3cccs3)cc2)c(F)cc1F. The first kappa shape index (κ1) is 21.4. The van der Waals surface area contributed by atoms with Gasteiger partial charge in [0.2, 0.25) is 5.91 Å². The van der Waals surface area contributed by atoms with Gasteiger partial charge in [0, 0.05) is 11.8 Å². The number of halogens is 2. The number of anilines is 2. The summed E-state index contributed by atoms with van der Waals surface area (Å²) in [5, 5.41) is 3.90. The van der Waals surface area contributed by atoms with Crippen molar-refractivity contribution in [3.63, 3.8) is 0 Å². The van der Waals surface area contributed by atoms with E-state index in [4.69, 9.17) is 5.73 Å². The van der Waals surface area contributed by atoms with Crippen LogP contribution in [0.4, 0.5) is 20.2 Å². The molecule has 2 aromatic carbocycles. The van der Waals surface area contributed by atoms with Crippen molar-refractivity contribution in [3.05, 3.63) is 76.7 Å². The molecule has 156 valence electrons. The molecule has 3 aromatic rings. The van der Waals surface area contributed by atoms with Crippen molar-refractivity contribution < 1.29 is 26.8 Å². The van der Waals surface area contributed by atoms with Crippen molar-refractivity contribution in [1.29, 1.82) is 0 Å². The number of thiophene rings is 1. The second-order valence-electron chi connectivity index (χ2n) is 6.14. The van der Waals surface area contributed by atoms with Gasteiger partial charge in [0.25, 0.3) is 15.9 Å². The highest BCUT2D eigenvalue weighted by Crippen LogP contribution is 2.22. The van der Waals surface area contributed by atoms with E-state index in [0.29, 0.717) is 17.3 Å². The van der Waals surface area contributed by atoms with E-state index in [1.807, 2.05) is 0 Å². The summed E-state index contributed by atoms with van der Waals surface area (Å²) in [6.07, 6.45) is -0.166. The fourth-order valence-corrected chi connectivity index (χ4v) is 4.58. The van der Waals surface area contributed by atoms with Gasteiger partial charge in [0.05, 0.1) is 17.7 Å². The fourth-order valence-electron chi connectivity index (χ4n) is 2.53. The van der Waals surface area contributed by atoms with Crippen LogP contribution >= 0.6 is 11.3 Å². The van der Waals surface area contributed by atoms with Gasteiger partial charge in [-0.15, -0.1) is 11.3 Å². The summed E-state index contributed by atoms with van der Waals surface area (Å²) < 4.78 is 54.4. The van der Waals surface area contributed by atoms with Gasteiger partial charge in [-0.2, -0.15) is 0 Å². The van der Waals surface area contributed by atoms with Crippen LogP contribution in [0.1, 0.15) is 15.9 Å². The Morgan fingerprint density at radius 3 is 2.33 bits per heavy atom. The number of hydrogen-bond donors (Lipinski definition) is 3. The number of benzene rings is 2. The zero-order chi connectivity index (χ0) is 21.9. The molecular weight excluding hydrogens is 436 g/mol. The number of rotatable bonds is 7. The van der Waals surface area contributed by atoms with Gasteiger partial charge in [-0.05, 0) is 35.2 Å². The fraction of sp³-hybridized carbons (Fsp3) is 0.0526. The number of nitrogens with one attached hydrogen (secondary N) is 2. The van der Waals surface area contributed by atoms with Crippen molar-refractivity contribution in [2.75, 3.05) is 10.0 Å². The molecular formula is C19H15F2N3O4S2. The maximum atomic E-state index is 13.8. The van der Waals surface area contributed by atoms with Gasteiger partial charge in [-0.1, -0.05) is 18.2 Å². The molecule has 0 saturated carbocycles. The maximum Gasteiger partial charge on any atom is 0.271 e. The predicted molar refractivity (Wildman–Crippen MR) is 109 cm³/mol. The van der Waals surface area contributed by atoms with E-state index in [9.17, 15) is 26.8 Å². The van der Waals surface area contributed by atoms with Crippen LogP contribution in [0.3, 0.4) is 0 Å². The van der Waals surface area contributed by atoms with Crippen LogP contribution in [-0.4, -0.2) is 20.2 Å². The maximum absolute atomic E-state index is 13.8. The van der Waals surface area contributed by atoms with E-state index in [-0.39, 0.29) is 16.3 Å². The number of nitrogens with two attached hydrogens (primary N) is 1. The average Bonchev–Trinajstić information content (AvgIpc) is 3.21. The highest BCUT2D eigenvalue weighted by Gasteiger charge is 2.17. The van der Waals surface area contributed by atoms with E-state index in [0.717, 1.165) is 17.4 Å². The van der Waals surface area contributed by atoms with Gasteiger partial charge < -0.3 is 11.1 Å². The Morgan fingerprint density at radius 2 is 1.73 bits per heavy atom. The average molecular weight is 451 g/mol. The molecule has 0 radical (unpaired) electrons. The predicted octanol–water partition coefficient (Wildman–Crippen LogP) is 3.11. The molecule has 4 N–H and O–H groups in total. The first-order chi connectivity index (χ1) is 14.2. The van der Waals surface area contributed by atoms with Crippen LogP contribution in [0.25, 0.3) is 0 Å². The Kier molecular flexibility index (Phi) is 6.13. The molecule has 0 atom stereocenters. The van der Waals surface area contributed by atoms with E-state index in [2.05, 4.69) is 10.0 Å². The molecule has 3 rings (SSSR count). The second kappa shape index (κ2) is 8.59. The highest BCUT2D eigenvalue weighted by molar-refractivity contribution is 7.94. The molecule has 0 aliphatic rings. The molecule has 0 unspecified atom stereocenters. The third-order valence-electron chi connectivity index (χ3n) is 3.93. The van der Waals surface area contributed by atoms with E-state index in [1.165, 1.54) is 30.3 Å². The zero-order valence-corrected chi connectivity index (χ0v) is 16.8. The first-order valence-corrected chi connectivity index (χ1v) is 10.8. The summed E-state index contributed by atoms with van der Waals surface area (Å²) in [4.78, 5) is 23.3. The van der Waals surface area contributed by atoms with Gasteiger partial charge in [-0.25, -0.2) is 17.2 Å². The molecule has 0 aliphatic carbocycles. The van der Waals surface area contributed by atoms with E-state index in [1.54, 1.807) is 11.4 Å². The normalized spacial score (nSPS) is 11.1. The van der Waals surface area contributed by atoms with Crippen molar-refractivity contribution in [1.82, 2.24) is 0 Å². The van der Waals surface area contributed by atoms with Crippen LogP contribution in [0.15, 0.2) is 58.1 Å². The minimum atomic E-state index is -3.69. The molecule has 0 aliphatic heterocycles. The van der Waals surface area contributed by atoms with Crippen molar-refractivity contribution in [2.24, 2.45) is 5.73 Å². The van der Waals surface area contributed by atoms with Gasteiger partial charge in [0.15, 0.2) is 0 Å². The Bertz CT molecular complexity index is 1200. The third-order valence-corrected chi connectivity index (χ3v) is 6.71. The molecule has 11 heteroatoms. The molecule has 7 nitrogen and oxygen atoms in total. The van der Waals surface area contributed by atoms with Crippen LogP contribution < -0.4 is 15.8 Å². The van der Waals surface area contributed by atoms with E-state index >= 15 is 0 Å². The third kappa shape index (κ3) is 4.99. The Hall–Kier alpha value is -3.31. The monoisotopic (exact) mass is 451 g/mol. The number of carbonyl (C=O) groups excluding carboxylic acids is 2. The number of sulfonamides is 1. The topological polar surface area (TPSA) is 118 Å². The smallest absolute Gasteiger partial charge is 0.271 e. The Balaban J connectivity index is 1.67. The standard InChI is InChI=1S/C19H15F2N3O4S2/c20-14-10-15(21)16(9-13(14)19(22)26)23-17(25)8-11-3-5-12(6-4-11)24-30(27,28)18-2-1-7-29-18/h1-7,9-10,24H,8H2,(H2,22,26)(H,23,25). The second-order valence-corrected chi connectivity index (χ2v) is 8.99. The minimum absolute atomic E-state index is 0.166. The highest BCUT2D eigenvalue weighted by atomic mass is 32.2. The van der Waals surface area contributed by atoms with Gasteiger partial charge in [0.1, 0.15) is 15.8 Å². The summed E-state index contributed by atoms with van der Waals surface area (Å²) in [6, 6.07) is 10.4. The molecule has 1 heterocycles. The molecule has 0 saturated heterocycles. The van der Waals surface area contributed by atoms with Crippen LogP contribution in [0, 0.1) is 11.6 Å². The quantitative estimate of drug-likeness (QED) is 0.511. The van der Waals surface area contributed by atoms with Crippen LogP contribution in [-0.2, 0) is 21.2 Å². The van der Waals surface area contributed by atoms with Crippen LogP contribution in [0.5, 0.6) is 0 Å². The largest absolute Gasteiger partial charge is 0.366 e. The lowest BCUT2D eigenvalue weighted by Gasteiger charge is -2.10. The summed E-state index contributed by atoms with van der Waals surface area (Å²) >= 11 is 1.08. The number of primary amides is 1. The lowest BCUT2D eigenvalue weighted by Crippen LogP contribution is -2.18.